The summed E-state index contributed by atoms with van der Waals surface area (Å²) < 4.78 is 1.43. The highest BCUT2D eigenvalue weighted by molar-refractivity contribution is 5.93. The van der Waals surface area contributed by atoms with Gasteiger partial charge in [-0.05, 0) is 6.92 Å². The molecule has 0 saturated carbocycles. The summed E-state index contributed by atoms with van der Waals surface area (Å²) in [6.45, 7) is 1.65. The zero-order valence-electron chi connectivity index (χ0n) is 6.11. The lowest BCUT2D eigenvalue weighted by atomic mass is 10.3. The Bertz CT molecular complexity index is 308. The van der Waals surface area contributed by atoms with Crippen LogP contribution < -0.4 is 0 Å². The summed E-state index contributed by atoms with van der Waals surface area (Å²) in [6, 6.07) is 1.93. The Hall–Kier alpha value is -1.63. The lowest BCUT2D eigenvalue weighted by Crippen LogP contribution is -1.95. The molecule has 0 radical (unpaired) electrons. The van der Waals surface area contributed by atoms with Crippen molar-refractivity contribution in [3.63, 3.8) is 0 Å². The topological polar surface area (TPSA) is 58.7 Å². The van der Waals surface area contributed by atoms with Crippen molar-refractivity contribution >= 4 is 5.78 Å². The molecule has 56 valence electrons. The van der Waals surface area contributed by atoms with Crippen molar-refractivity contribution in [2.45, 2.75) is 13.5 Å². The van der Waals surface area contributed by atoms with E-state index in [0.29, 0.717) is 5.56 Å². The maximum absolute atomic E-state index is 10.7. The predicted octanol–water partition coefficient (Wildman–Crippen LogP) is 0.609. The van der Waals surface area contributed by atoms with Crippen LogP contribution in [-0.4, -0.2) is 15.6 Å². The fourth-order valence-electron chi connectivity index (χ4n) is 0.704. The summed E-state index contributed by atoms with van der Waals surface area (Å²) in [5, 5.41) is 12.1. The van der Waals surface area contributed by atoms with Crippen LogP contribution in [0.5, 0.6) is 0 Å². The molecule has 0 N–H and O–H groups in total. The molecule has 0 aromatic carbocycles. The zero-order valence-corrected chi connectivity index (χ0v) is 6.11. The number of hydrogen-bond acceptors (Lipinski definition) is 3. The van der Waals surface area contributed by atoms with Gasteiger partial charge in [0, 0.05) is 6.20 Å². The van der Waals surface area contributed by atoms with Gasteiger partial charge in [0.15, 0.2) is 5.78 Å². The molecule has 0 atom stereocenters. The van der Waals surface area contributed by atoms with Gasteiger partial charge < -0.3 is 0 Å². The van der Waals surface area contributed by atoms with Crippen LogP contribution in [0, 0.1) is 11.3 Å². The van der Waals surface area contributed by atoms with Crippen LogP contribution >= 0.6 is 0 Å². The Morgan fingerprint density at radius 2 is 2.64 bits per heavy atom. The molecular formula is C7H7N3O. The molecule has 1 rings (SSSR count). The molecule has 11 heavy (non-hydrogen) atoms. The summed E-state index contributed by atoms with van der Waals surface area (Å²) in [5.41, 5.74) is 0.542. The van der Waals surface area contributed by atoms with Crippen molar-refractivity contribution in [1.82, 2.24) is 9.78 Å². The average Bonchev–Trinajstić information content (AvgIpc) is 2.37. The van der Waals surface area contributed by atoms with Gasteiger partial charge in [0.1, 0.15) is 6.54 Å². The van der Waals surface area contributed by atoms with Gasteiger partial charge >= 0.3 is 0 Å². The van der Waals surface area contributed by atoms with Crippen molar-refractivity contribution < 1.29 is 4.79 Å². The van der Waals surface area contributed by atoms with Crippen LogP contribution in [0.25, 0.3) is 0 Å². The number of Topliss-reactive ketones (excluding diaryl/α,β-unsaturated/α-hetero) is 1. The van der Waals surface area contributed by atoms with E-state index >= 15 is 0 Å². The van der Waals surface area contributed by atoms with Crippen molar-refractivity contribution in [2.24, 2.45) is 0 Å². The van der Waals surface area contributed by atoms with Gasteiger partial charge in [-0.3, -0.25) is 9.48 Å². The summed E-state index contributed by atoms with van der Waals surface area (Å²) in [4.78, 5) is 10.7. The third-order valence-corrected chi connectivity index (χ3v) is 1.27. The number of aromatic nitrogens is 2. The van der Waals surface area contributed by atoms with Crippen LogP contribution in [0.4, 0.5) is 0 Å². The number of nitrogens with zero attached hydrogens (tertiary/aromatic N) is 3. The molecule has 1 heterocycles. The molecule has 0 unspecified atom stereocenters. The number of hydrogen-bond donors (Lipinski definition) is 0. The Labute approximate surface area is 64.1 Å². The second-order valence-corrected chi connectivity index (χ2v) is 2.14. The van der Waals surface area contributed by atoms with Crippen LogP contribution in [0.2, 0.25) is 0 Å². The van der Waals surface area contributed by atoms with Crippen molar-refractivity contribution in [3.8, 4) is 6.07 Å². The molecule has 0 aliphatic heterocycles. The molecule has 0 spiro atoms. The molecule has 4 heteroatoms. The lowest BCUT2D eigenvalue weighted by molar-refractivity contribution is 0.101. The maximum atomic E-state index is 10.7. The van der Waals surface area contributed by atoms with E-state index in [1.54, 1.807) is 6.20 Å². The standard InChI is InChI=1S/C7H7N3O/c1-6(11)7-4-9-10(5-7)3-2-8/h4-5H,3H2,1H3. The van der Waals surface area contributed by atoms with Gasteiger partial charge in [-0.25, -0.2) is 0 Å². The van der Waals surface area contributed by atoms with Gasteiger partial charge in [-0.15, -0.1) is 0 Å². The minimum atomic E-state index is -0.0332. The quantitative estimate of drug-likeness (QED) is 0.579. The number of carbonyl (C=O) groups is 1. The van der Waals surface area contributed by atoms with Crippen LogP contribution in [-0.2, 0) is 6.54 Å². The SMILES string of the molecule is CC(=O)c1cnn(CC#N)c1. The van der Waals surface area contributed by atoms with Gasteiger partial charge in [-0.1, -0.05) is 0 Å². The molecule has 0 fully saturated rings. The molecule has 1 aromatic heterocycles. The van der Waals surface area contributed by atoms with E-state index in [1.165, 1.54) is 17.8 Å². The van der Waals surface area contributed by atoms with Crippen LogP contribution in [0.15, 0.2) is 12.4 Å². The summed E-state index contributed by atoms with van der Waals surface area (Å²) in [7, 11) is 0. The van der Waals surface area contributed by atoms with E-state index in [9.17, 15) is 4.79 Å². The first-order chi connectivity index (χ1) is 5.24. The smallest absolute Gasteiger partial charge is 0.162 e. The summed E-state index contributed by atoms with van der Waals surface area (Å²) in [6.07, 6.45) is 3.02. The third kappa shape index (κ3) is 1.64. The van der Waals surface area contributed by atoms with E-state index in [-0.39, 0.29) is 12.3 Å². The molecule has 1 aromatic rings. The largest absolute Gasteiger partial charge is 0.294 e. The van der Waals surface area contributed by atoms with E-state index in [2.05, 4.69) is 5.10 Å². The average molecular weight is 149 g/mol. The van der Waals surface area contributed by atoms with E-state index < -0.39 is 0 Å². The number of carbonyl (C=O) groups excluding carboxylic acids is 1. The number of nitriles is 1. The molecule has 0 aliphatic rings. The Balaban J connectivity index is 2.83. The normalized spacial score (nSPS) is 9.09. The minimum Gasteiger partial charge on any atom is -0.294 e. The molecule has 0 saturated heterocycles. The second kappa shape index (κ2) is 2.97. The first kappa shape index (κ1) is 7.48. The van der Waals surface area contributed by atoms with Gasteiger partial charge in [0.05, 0.1) is 17.8 Å². The summed E-state index contributed by atoms with van der Waals surface area (Å²) >= 11 is 0. The highest BCUT2D eigenvalue weighted by Crippen LogP contribution is 1.97. The number of rotatable bonds is 2. The lowest BCUT2D eigenvalue weighted by Gasteiger charge is -1.87. The molecule has 4 nitrogen and oxygen atoms in total. The predicted molar refractivity (Wildman–Crippen MR) is 37.8 cm³/mol. The fourth-order valence-corrected chi connectivity index (χ4v) is 0.704. The Morgan fingerprint density at radius 3 is 3.09 bits per heavy atom. The first-order valence-corrected chi connectivity index (χ1v) is 3.14. The minimum absolute atomic E-state index is 0.0332. The first-order valence-electron chi connectivity index (χ1n) is 3.14. The molecule has 0 bridgehead atoms. The highest BCUT2D eigenvalue weighted by Gasteiger charge is 2.01. The maximum Gasteiger partial charge on any atom is 0.162 e. The molecule has 0 amide bonds. The monoisotopic (exact) mass is 149 g/mol. The second-order valence-electron chi connectivity index (χ2n) is 2.14. The highest BCUT2D eigenvalue weighted by atomic mass is 16.1. The Kier molecular flexibility index (Phi) is 2.02. The third-order valence-electron chi connectivity index (χ3n) is 1.27. The van der Waals surface area contributed by atoms with Crippen molar-refractivity contribution in [1.29, 1.82) is 5.26 Å². The Morgan fingerprint density at radius 1 is 1.91 bits per heavy atom. The van der Waals surface area contributed by atoms with E-state index in [4.69, 9.17) is 5.26 Å². The fraction of sp³-hybridized carbons (Fsp3) is 0.286. The molecular weight excluding hydrogens is 142 g/mol. The van der Waals surface area contributed by atoms with Crippen LogP contribution in [0.3, 0.4) is 0 Å². The summed E-state index contributed by atoms with van der Waals surface area (Å²) in [5.74, 6) is -0.0332. The van der Waals surface area contributed by atoms with Gasteiger partial charge in [-0.2, -0.15) is 10.4 Å². The van der Waals surface area contributed by atoms with Crippen LogP contribution in [0.1, 0.15) is 17.3 Å². The van der Waals surface area contributed by atoms with E-state index in [1.807, 2.05) is 6.07 Å². The number of ketones is 1. The van der Waals surface area contributed by atoms with Gasteiger partial charge in [0.25, 0.3) is 0 Å². The molecule has 0 aliphatic carbocycles. The van der Waals surface area contributed by atoms with Gasteiger partial charge in [0.2, 0.25) is 0 Å². The van der Waals surface area contributed by atoms with E-state index in [0.717, 1.165) is 0 Å². The van der Waals surface area contributed by atoms with Crippen molar-refractivity contribution in [3.05, 3.63) is 18.0 Å². The zero-order chi connectivity index (χ0) is 8.27. The van der Waals surface area contributed by atoms with Crippen molar-refractivity contribution in [2.75, 3.05) is 0 Å².